The Kier molecular flexibility index (Phi) is 5.04. The van der Waals surface area contributed by atoms with Crippen LogP contribution >= 0.6 is 24.0 Å². The number of hydrogen-bond donors (Lipinski definition) is 0. The van der Waals surface area contributed by atoms with Gasteiger partial charge >= 0.3 is 6.09 Å². The molecule has 0 aliphatic carbocycles. The van der Waals surface area contributed by atoms with Crippen molar-refractivity contribution < 1.29 is 14.3 Å². The second-order valence-electron chi connectivity index (χ2n) is 3.11. The van der Waals surface area contributed by atoms with Crippen LogP contribution in [-0.2, 0) is 9.53 Å². The topological polar surface area (TPSA) is 46.6 Å². The number of amides is 1. The highest BCUT2D eigenvalue weighted by Crippen LogP contribution is 2.18. The molecular formula is C9H13NO3S2. The number of ketones is 1. The van der Waals surface area contributed by atoms with Crippen molar-refractivity contribution in [3.8, 4) is 0 Å². The second-order valence-corrected chi connectivity index (χ2v) is 4.84. The SMILES string of the molecule is CCCC(=O)COC(=O)N1CCSC1=S. The summed E-state index contributed by atoms with van der Waals surface area (Å²) in [6.07, 6.45) is 0.718. The van der Waals surface area contributed by atoms with Crippen LogP contribution in [0.15, 0.2) is 0 Å². The van der Waals surface area contributed by atoms with E-state index in [9.17, 15) is 9.59 Å². The lowest BCUT2D eigenvalue weighted by Crippen LogP contribution is -2.32. The molecule has 1 saturated heterocycles. The Balaban J connectivity index is 2.29. The molecule has 1 aliphatic heterocycles. The molecular weight excluding hydrogens is 234 g/mol. The molecule has 1 aliphatic rings. The van der Waals surface area contributed by atoms with Crippen molar-refractivity contribution in [3.63, 3.8) is 0 Å². The van der Waals surface area contributed by atoms with E-state index in [4.69, 9.17) is 17.0 Å². The fraction of sp³-hybridized carbons (Fsp3) is 0.667. The molecule has 0 atom stereocenters. The van der Waals surface area contributed by atoms with E-state index >= 15 is 0 Å². The maximum Gasteiger partial charge on any atom is 0.415 e. The molecule has 84 valence electrons. The van der Waals surface area contributed by atoms with E-state index in [2.05, 4.69) is 0 Å². The van der Waals surface area contributed by atoms with Gasteiger partial charge in [-0.05, 0) is 6.42 Å². The summed E-state index contributed by atoms with van der Waals surface area (Å²) in [7, 11) is 0. The van der Waals surface area contributed by atoms with Crippen molar-refractivity contribution in [2.75, 3.05) is 18.9 Å². The molecule has 0 unspecified atom stereocenters. The normalized spacial score (nSPS) is 15.5. The minimum atomic E-state index is -0.505. The Labute approximate surface area is 98.3 Å². The summed E-state index contributed by atoms with van der Waals surface area (Å²) in [5.41, 5.74) is 0. The number of nitrogens with zero attached hydrogens (tertiary/aromatic N) is 1. The van der Waals surface area contributed by atoms with Gasteiger partial charge in [0.25, 0.3) is 0 Å². The van der Waals surface area contributed by atoms with Crippen LogP contribution < -0.4 is 0 Å². The molecule has 0 bridgehead atoms. The first-order chi connectivity index (χ1) is 7.15. The Morgan fingerprint density at radius 1 is 1.60 bits per heavy atom. The summed E-state index contributed by atoms with van der Waals surface area (Å²) in [5.74, 6) is 0.750. The number of carbonyl (C=O) groups is 2. The molecule has 0 aromatic rings. The van der Waals surface area contributed by atoms with E-state index < -0.39 is 6.09 Å². The second kappa shape index (κ2) is 6.07. The molecule has 1 heterocycles. The number of Topliss-reactive ketones (excluding diaryl/α,β-unsaturated/α-hetero) is 1. The number of ether oxygens (including phenoxy) is 1. The number of carbonyl (C=O) groups excluding carboxylic acids is 2. The molecule has 0 saturated carbocycles. The number of rotatable bonds is 4. The summed E-state index contributed by atoms with van der Waals surface area (Å²) in [5, 5.41) is 0. The molecule has 0 aromatic heterocycles. The predicted molar refractivity (Wildman–Crippen MR) is 63.0 cm³/mol. The average molecular weight is 247 g/mol. The minimum Gasteiger partial charge on any atom is -0.441 e. The van der Waals surface area contributed by atoms with Gasteiger partial charge in [0.15, 0.2) is 12.4 Å². The summed E-state index contributed by atoms with van der Waals surface area (Å²) in [6.45, 7) is 2.34. The summed E-state index contributed by atoms with van der Waals surface area (Å²) in [6, 6.07) is 0. The van der Waals surface area contributed by atoms with Crippen LogP contribution in [-0.4, -0.2) is 40.0 Å². The van der Waals surface area contributed by atoms with Crippen LogP contribution in [0.5, 0.6) is 0 Å². The minimum absolute atomic E-state index is 0.0522. The molecule has 1 amide bonds. The van der Waals surface area contributed by atoms with Gasteiger partial charge in [0.05, 0.1) is 0 Å². The fourth-order valence-corrected chi connectivity index (χ4v) is 2.32. The highest BCUT2D eigenvalue weighted by atomic mass is 32.2. The summed E-state index contributed by atoms with van der Waals surface area (Å²) >= 11 is 6.40. The van der Waals surface area contributed by atoms with Crippen molar-refractivity contribution in [2.24, 2.45) is 0 Å². The molecule has 4 nitrogen and oxygen atoms in total. The van der Waals surface area contributed by atoms with E-state index in [0.29, 0.717) is 17.3 Å². The third kappa shape index (κ3) is 3.79. The maximum atomic E-state index is 11.4. The lowest BCUT2D eigenvalue weighted by molar-refractivity contribution is -0.122. The monoisotopic (exact) mass is 247 g/mol. The fourth-order valence-electron chi connectivity index (χ4n) is 1.13. The van der Waals surface area contributed by atoms with Gasteiger partial charge < -0.3 is 4.74 Å². The van der Waals surface area contributed by atoms with E-state index in [1.165, 1.54) is 16.7 Å². The predicted octanol–water partition coefficient (Wildman–Crippen LogP) is 1.83. The molecule has 1 fully saturated rings. The van der Waals surface area contributed by atoms with Crippen molar-refractivity contribution in [3.05, 3.63) is 0 Å². The van der Waals surface area contributed by atoms with Crippen LogP contribution in [0.3, 0.4) is 0 Å². The van der Waals surface area contributed by atoms with Crippen LogP contribution in [0.25, 0.3) is 0 Å². The third-order valence-electron chi connectivity index (χ3n) is 1.87. The molecule has 15 heavy (non-hydrogen) atoms. The highest BCUT2D eigenvalue weighted by molar-refractivity contribution is 8.23. The van der Waals surface area contributed by atoms with Crippen LogP contribution in [0.4, 0.5) is 4.79 Å². The molecule has 0 aromatic carbocycles. The smallest absolute Gasteiger partial charge is 0.415 e. The van der Waals surface area contributed by atoms with E-state index in [1.807, 2.05) is 6.92 Å². The van der Waals surface area contributed by atoms with Gasteiger partial charge in [-0.1, -0.05) is 30.9 Å². The summed E-state index contributed by atoms with van der Waals surface area (Å²) in [4.78, 5) is 23.9. The Bertz CT molecular complexity index is 281. The third-order valence-corrected chi connectivity index (χ3v) is 3.29. The van der Waals surface area contributed by atoms with Crippen LogP contribution in [0.1, 0.15) is 19.8 Å². The lowest BCUT2D eigenvalue weighted by Gasteiger charge is -2.13. The van der Waals surface area contributed by atoms with Gasteiger partial charge in [0.2, 0.25) is 0 Å². The first-order valence-corrected chi connectivity index (χ1v) is 6.17. The van der Waals surface area contributed by atoms with Gasteiger partial charge in [-0.2, -0.15) is 0 Å². The van der Waals surface area contributed by atoms with Crippen molar-refractivity contribution >= 4 is 40.2 Å². The van der Waals surface area contributed by atoms with E-state index in [-0.39, 0.29) is 12.4 Å². The van der Waals surface area contributed by atoms with Gasteiger partial charge in [-0.3, -0.25) is 9.69 Å². The van der Waals surface area contributed by atoms with Gasteiger partial charge in [-0.25, -0.2) is 4.79 Å². The Hall–Kier alpha value is -0.620. The molecule has 0 N–H and O–H groups in total. The zero-order valence-corrected chi connectivity index (χ0v) is 10.2. The molecule has 1 rings (SSSR count). The molecule has 6 heteroatoms. The van der Waals surface area contributed by atoms with Gasteiger partial charge in [-0.15, -0.1) is 0 Å². The first-order valence-electron chi connectivity index (χ1n) is 4.78. The average Bonchev–Trinajstić information content (AvgIpc) is 2.61. The van der Waals surface area contributed by atoms with Crippen LogP contribution in [0.2, 0.25) is 0 Å². The number of thiocarbonyl (C=S) groups is 1. The standard InChI is InChI=1S/C9H13NO3S2/c1-2-3-7(11)6-13-8(12)10-4-5-15-9(10)14/h2-6H2,1H3. The van der Waals surface area contributed by atoms with Crippen molar-refractivity contribution in [2.45, 2.75) is 19.8 Å². The maximum absolute atomic E-state index is 11.4. The molecule has 0 radical (unpaired) electrons. The zero-order valence-electron chi connectivity index (χ0n) is 8.52. The Morgan fingerprint density at radius 2 is 2.33 bits per heavy atom. The number of hydrogen-bond acceptors (Lipinski definition) is 5. The van der Waals surface area contributed by atoms with E-state index in [1.54, 1.807) is 0 Å². The first kappa shape index (κ1) is 12.4. The van der Waals surface area contributed by atoms with Crippen molar-refractivity contribution in [1.82, 2.24) is 4.90 Å². The zero-order chi connectivity index (χ0) is 11.3. The number of thioether (sulfide) groups is 1. The quantitative estimate of drug-likeness (QED) is 0.709. The summed E-state index contributed by atoms with van der Waals surface area (Å²) < 4.78 is 5.38. The van der Waals surface area contributed by atoms with Gasteiger partial charge in [0.1, 0.15) is 4.32 Å². The lowest BCUT2D eigenvalue weighted by atomic mass is 10.2. The Morgan fingerprint density at radius 3 is 2.87 bits per heavy atom. The van der Waals surface area contributed by atoms with Crippen LogP contribution in [0, 0.1) is 0 Å². The molecule has 0 spiro atoms. The van der Waals surface area contributed by atoms with Gasteiger partial charge in [0, 0.05) is 18.7 Å². The highest BCUT2D eigenvalue weighted by Gasteiger charge is 2.25. The van der Waals surface area contributed by atoms with E-state index in [0.717, 1.165) is 12.2 Å². The van der Waals surface area contributed by atoms with Crippen molar-refractivity contribution in [1.29, 1.82) is 0 Å². The largest absolute Gasteiger partial charge is 0.441 e.